The molecule has 4 aliphatic rings. The number of nitrogens with zero attached hydrogens (tertiary/aromatic N) is 2. The number of amides is 2. The first-order valence-electron chi connectivity index (χ1n) is 7.86. The van der Waals surface area contributed by atoms with Crippen molar-refractivity contribution in [1.82, 2.24) is 0 Å². The van der Waals surface area contributed by atoms with Crippen LogP contribution in [0.2, 0.25) is 0 Å². The number of para-hydroxylation sites is 2. The number of allylic oxidation sites excluding steroid dienone is 2. The molecule has 1 aromatic carbocycles. The maximum Gasteiger partial charge on any atom is 0.293 e. The van der Waals surface area contributed by atoms with Crippen molar-refractivity contribution in [2.45, 2.75) is 12.8 Å². The zero-order valence-corrected chi connectivity index (χ0v) is 12.2. The molecule has 5 rings (SSSR count). The molecule has 0 radical (unpaired) electrons. The molecule has 3 aliphatic carbocycles. The summed E-state index contributed by atoms with van der Waals surface area (Å²) in [5, 5.41) is 11.2. The van der Waals surface area contributed by atoms with E-state index in [9.17, 15) is 19.7 Å². The third-order valence-corrected chi connectivity index (χ3v) is 6.17. The predicted octanol–water partition coefficient (Wildman–Crippen LogP) is 2.30. The van der Waals surface area contributed by atoms with E-state index in [1.54, 1.807) is 6.07 Å². The molecule has 2 bridgehead atoms. The van der Waals surface area contributed by atoms with Crippen molar-refractivity contribution in [2.75, 3.05) is 4.90 Å². The molecule has 0 N–H and O–H groups in total. The van der Waals surface area contributed by atoms with Gasteiger partial charge in [0.15, 0.2) is 0 Å². The number of fused-ring (bicyclic) bond motifs is 3. The minimum absolute atomic E-state index is 0.103. The maximum absolute atomic E-state index is 12.9. The topological polar surface area (TPSA) is 80.5 Å². The Morgan fingerprint density at radius 3 is 2.13 bits per heavy atom. The molecule has 2 saturated carbocycles. The number of carbonyl (C=O) groups excluding carboxylic acids is 2. The minimum Gasteiger partial charge on any atom is -0.274 e. The minimum atomic E-state index is -0.542. The summed E-state index contributed by atoms with van der Waals surface area (Å²) in [5.41, 5.74) is 0.0387. The van der Waals surface area contributed by atoms with Gasteiger partial charge in [0.05, 0.1) is 16.8 Å². The molecule has 1 saturated heterocycles. The van der Waals surface area contributed by atoms with Crippen LogP contribution >= 0.6 is 0 Å². The van der Waals surface area contributed by atoms with Gasteiger partial charge >= 0.3 is 0 Å². The summed E-state index contributed by atoms with van der Waals surface area (Å²) < 4.78 is 0. The second kappa shape index (κ2) is 3.88. The second-order valence-corrected chi connectivity index (χ2v) is 6.98. The Kier molecular flexibility index (Phi) is 2.19. The Hall–Kier alpha value is -2.50. The molecule has 1 aliphatic heterocycles. The number of carbonyl (C=O) groups is 2. The second-order valence-electron chi connectivity index (χ2n) is 6.98. The van der Waals surface area contributed by atoms with Crippen LogP contribution in [0.5, 0.6) is 0 Å². The largest absolute Gasteiger partial charge is 0.293 e. The molecule has 6 heteroatoms. The predicted molar refractivity (Wildman–Crippen MR) is 80.4 cm³/mol. The third-order valence-electron chi connectivity index (χ3n) is 6.17. The SMILES string of the molecule is O=C1C2C(C(=O)N1c1ccccc1[N+](=O)[O-])C1C=CC2C12CC2. The summed E-state index contributed by atoms with van der Waals surface area (Å²) in [5.74, 6) is -0.946. The van der Waals surface area contributed by atoms with E-state index in [0.29, 0.717) is 0 Å². The van der Waals surface area contributed by atoms with E-state index in [2.05, 4.69) is 12.2 Å². The van der Waals surface area contributed by atoms with Crippen molar-refractivity contribution in [2.24, 2.45) is 29.1 Å². The van der Waals surface area contributed by atoms with Crippen LogP contribution in [-0.4, -0.2) is 16.7 Å². The van der Waals surface area contributed by atoms with Gasteiger partial charge in [-0.3, -0.25) is 19.7 Å². The van der Waals surface area contributed by atoms with E-state index in [0.717, 1.165) is 17.7 Å². The Morgan fingerprint density at radius 1 is 1.04 bits per heavy atom. The molecule has 2 amide bonds. The van der Waals surface area contributed by atoms with E-state index in [1.807, 2.05) is 0 Å². The fourth-order valence-corrected chi connectivity index (χ4v) is 5.12. The molecule has 6 nitrogen and oxygen atoms in total. The third kappa shape index (κ3) is 1.35. The lowest BCUT2D eigenvalue weighted by Gasteiger charge is -2.21. The summed E-state index contributed by atoms with van der Waals surface area (Å²) in [6, 6.07) is 5.97. The van der Waals surface area contributed by atoms with Crippen molar-refractivity contribution in [1.29, 1.82) is 0 Å². The van der Waals surface area contributed by atoms with Gasteiger partial charge in [-0.15, -0.1) is 0 Å². The van der Waals surface area contributed by atoms with E-state index < -0.39 is 4.92 Å². The number of rotatable bonds is 2. The van der Waals surface area contributed by atoms with Gasteiger partial charge < -0.3 is 0 Å². The van der Waals surface area contributed by atoms with E-state index in [4.69, 9.17) is 0 Å². The van der Waals surface area contributed by atoms with Crippen molar-refractivity contribution < 1.29 is 14.5 Å². The molecule has 23 heavy (non-hydrogen) atoms. The normalized spacial score (nSPS) is 35.2. The molecule has 3 fully saturated rings. The lowest BCUT2D eigenvalue weighted by Crippen LogP contribution is -2.35. The quantitative estimate of drug-likeness (QED) is 0.363. The zero-order valence-electron chi connectivity index (χ0n) is 12.2. The van der Waals surface area contributed by atoms with Crippen LogP contribution in [0, 0.1) is 39.2 Å². The number of nitro groups is 1. The molecular weight excluding hydrogens is 296 g/mol. The average molecular weight is 310 g/mol. The first-order chi connectivity index (χ1) is 11.1. The molecule has 4 atom stereocenters. The van der Waals surface area contributed by atoms with Crippen LogP contribution in [0.1, 0.15) is 12.8 Å². The Bertz CT molecular complexity index is 777. The van der Waals surface area contributed by atoms with Crippen molar-refractivity contribution in [3.8, 4) is 0 Å². The summed E-state index contributed by atoms with van der Waals surface area (Å²) in [7, 11) is 0. The molecule has 4 unspecified atom stereocenters. The summed E-state index contributed by atoms with van der Waals surface area (Å²) in [4.78, 5) is 37.6. The molecule has 1 heterocycles. The van der Waals surface area contributed by atoms with Gasteiger partial charge in [0.25, 0.3) is 5.69 Å². The van der Waals surface area contributed by atoms with E-state index >= 15 is 0 Å². The van der Waals surface area contributed by atoms with Gasteiger partial charge in [0.2, 0.25) is 11.8 Å². The first kappa shape index (κ1) is 13.0. The van der Waals surface area contributed by atoms with Gasteiger partial charge in [-0.1, -0.05) is 24.3 Å². The van der Waals surface area contributed by atoms with Gasteiger partial charge in [-0.05, 0) is 36.2 Å². The molecule has 1 spiro atoms. The van der Waals surface area contributed by atoms with Crippen LogP contribution in [0.4, 0.5) is 11.4 Å². The summed E-state index contributed by atoms with van der Waals surface area (Å²) >= 11 is 0. The van der Waals surface area contributed by atoms with E-state index in [1.165, 1.54) is 18.2 Å². The summed E-state index contributed by atoms with van der Waals surface area (Å²) in [6.45, 7) is 0. The fraction of sp³-hybridized carbons (Fsp3) is 0.412. The maximum atomic E-state index is 12.9. The number of imide groups is 1. The first-order valence-corrected chi connectivity index (χ1v) is 7.86. The Morgan fingerprint density at radius 2 is 1.61 bits per heavy atom. The van der Waals surface area contributed by atoms with Crippen LogP contribution in [0.25, 0.3) is 0 Å². The van der Waals surface area contributed by atoms with E-state index in [-0.39, 0.29) is 52.3 Å². The smallest absolute Gasteiger partial charge is 0.274 e. The van der Waals surface area contributed by atoms with Gasteiger partial charge in [0, 0.05) is 6.07 Å². The number of benzene rings is 1. The Labute approximate surface area is 131 Å². The molecule has 116 valence electrons. The Balaban J connectivity index is 1.60. The van der Waals surface area contributed by atoms with Crippen LogP contribution in [0.3, 0.4) is 0 Å². The lowest BCUT2D eigenvalue weighted by atomic mass is 9.85. The van der Waals surface area contributed by atoms with Crippen molar-refractivity contribution in [3.63, 3.8) is 0 Å². The van der Waals surface area contributed by atoms with Gasteiger partial charge in [-0.2, -0.15) is 0 Å². The van der Waals surface area contributed by atoms with Gasteiger partial charge in [-0.25, -0.2) is 4.90 Å². The number of anilines is 1. The highest BCUT2D eigenvalue weighted by molar-refractivity contribution is 6.23. The summed E-state index contributed by atoms with van der Waals surface area (Å²) in [6.07, 6.45) is 6.34. The zero-order chi connectivity index (χ0) is 15.9. The highest BCUT2D eigenvalue weighted by Gasteiger charge is 2.73. The van der Waals surface area contributed by atoms with Crippen LogP contribution in [-0.2, 0) is 9.59 Å². The average Bonchev–Trinajstić information content (AvgIpc) is 3.13. The monoisotopic (exact) mass is 310 g/mol. The van der Waals surface area contributed by atoms with Crippen molar-refractivity contribution in [3.05, 3.63) is 46.5 Å². The number of hydrogen-bond donors (Lipinski definition) is 0. The van der Waals surface area contributed by atoms with Crippen LogP contribution in [0.15, 0.2) is 36.4 Å². The molecule has 1 aromatic rings. The molecule has 0 aromatic heterocycles. The van der Waals surface area contributed by atoms with Crippen molar-refractivity contribution >= 4 is 23.2 Å². The number of nitro benzene ring substituents is 1. The highest BCUT2D eigenvalue weighted by Crippen LogP contribution is 2.73. The lowest BCUT2D eigenvalue weighted by molar-refractivity contribution is -0.384. The number of hydrogen-bond acceptors (Lipinski definition) is 4. The highest BCUT2D eigenvalue weighted by atomic mass is 16.6. The fourth-order valence-electron chi connectivity index (χ4n) is 5.12. The molecular formula is C17H14N2O4. The van der Waals surface area contributed by atoms with Crippen LogP contribution < -0.4 is 4.90 Å². The standard InChI is InChI=1S/C17H14N2O4/c20-15-13-9-5-6-10(17(9)7-8-17)14(13)16(21)18(15)11-3-1-2-4-12(11)19(22)23/h1-6,9-10,13-14H,7-8H2. The van der Waals surface area contributed by atoms with Gasteiger partial charge in [0.1, 0.15) is 5.69 Å².